The molecule has 0 saturated carbocycles. The van der Waals surface area contributed by atoms with E-state index in [2.05, 4.69) is 35.9 Å². The zero-order valence-corrected chi connectivity index (χ0v) is 11.5. The van der Waals surface area contributed by atoms with Gasteiger partial charge < -0.3 is 10.3 Å². The second kappa shape index (κ2) is 5.71. The summed E-state index contributed by atoms with van der Waals surface area (Å²) in [5, 5.41) is 0. The van der Waals surface area contributed by atoms with E-state index < -0.39 is 0 Å². The first-order chi connectivity index (χ1) is 8.19. The zero-order chi connectivity index (χ0) is 12.3. The van der Waals surface area contributed by atoms with Crippen molar-refractivity contribution in [2.45, 2.75) is 32.4 Å². The lowest BCUT2D eigenvalue weighted by molar-refractivity contribution is 0.611. The van der Waals surface area contributed by atoms with Crippen LogP contribution in [0.25, 0.3) is 0 Å². The Morgan fingerprint density at radius 2 is 2.24 bits per heavy atom. The van der Waals surface area contributed by atoms with Gasteiger partial charge in [-0.25, -0.2) is 0 Å². The van der Waals surface area contributed by atoms with Gasteiger partial charge in [-0.15, -0.1) is 11.3 Å². The summed E-state index contributed by atoms with van der Waals surface area (Å²) >= 11 is 7.57. The number of halogens is 1. The maximum atomic E-state index is 6.00. The van der Waals surface area contributed by atoms with Crippen LogP contribution >= 0.6 is 22.9 Å². The number of nitrogens with zero attached hydrogens (tertiary/aromatic N) is 1. The number of thiophene rings is 1. The molecule has 0 aliphatic carbocycles. The first-order valence-corrected chi connectivity index (χ1v) is 7.02. The number of rotatable bonds is 5. The summed E-state index contributed by atoms with van der Waals surface area (Å²) in [7, 11) is 0. The van der Waals surface area contributed by atoms with E-state index in [9.17, 15) is 0 Å². The monoisotopic (exact) mass is 268 g/mol. The Morgan fingerprint density at radius 3 is 2.88 bits per heavy atom. The number of aromatic nitrogens is 1. The van der Waals surface area contributed by atoms with Crippen LogP contribution in [0.15, 0.2) is 30.5 Å². The van der Waals surface area contributed by atoms with Gasteiger partial charge in [0.1, 0.15) is 0 Å². The first-order valence-electron chi connectivity index (χ1n) is 5.83. The number of hydrogen-bond acceptors (Lipinski definition) is 2. The van der Waals surface area contributed by atoms with Crippen molar-refractivity contribution in [3.05, 3.63) is 45.4 Å². The van der Waals surface area contributed by atoms with Gasteiger partial charge >= 0.3 is 0 Å². The molecule has 2 rings (SSSR count). The van der Waals surface area contributed by atoms with Crippen molar-refractivity contribution in [3.8, 4) is 0 Å². The van der Waals surface area contributed by atoms with Crippen LogP contribution < -0.4 is 5.73 Å². The van der Waals surface area contributed by atoms with E-state index in [0.717, 1.165) is 23.7 Å². The van der Waals surface area contributed by atoms with Crippen molar-refractivity contribution in [1.82, 2.24) is 4.57 Å². The highest BCUT2D eigenvalue weighted by molar-refractivity contribution is 7.16. The fourth-order valence-corrected chi connectivity index (χ4v) is 2.89. The van der Waals surface area contributed by atoms with Crippen LogP contribution in [0.5, 0.6) is 0 Å². The molecule has 2 heterocycles. The molecule has 0 spiro atoms. The zero-order valence-electron chi connectivity index (χ0n) is 9.90. The minimum absolute atomic E-state index is 0.246. The summed E-state index contributed by atoms with van der Waals surface area (Å²) in [6.07, 6.45) is 4.05. The molecule has 1 unspecified atom stereocenters. The van der Waals surface area contributed by atoms with Gasteiger partial charge in [0.15, 0.2) is 0 Å². The summed E-state index contributed by atoms with van der Waals surface area (Å²) in [5.41, 5.74) is 7.29. The lowest BCUT2D eigenvalue weighted by Gasteiger charge is -2.12. The Balaban J connectivity index is 2.08. The number of hydrogen-bond donors (Lipinski definition) is 1. The molecule has 0 radical (unpaired) electrons. The fourth-order valence-electron chi connectivity index (χ4n) is 1.81. The molecule has 1 atom stereocenters. The van der Waals surface area contributed by atoms with Gasteiger partial charge in [0, 0.05) is 29.2 Å². The molecule has 0 aliphatic rings. The normalized spacial score (nSPS) is 12.9. The van der Waals surface area contributed by atoms with Gasteiger partial charge in [-0.3, -0.25) is 0 Å². The lowest BCUT2D eigenvalue weighted by atomic mass is 10.1. The van der Waals surface area contributed by atoms with E-state index in [-0.39, 0.29) is 6.04 Å². The smallest absolute Gasteiger partial charge is 0.0931 e. The summed E-state index contributed by atoms with van der Waals surface area (Å²) in [6, 6.07) is 8.49. The van der Waals surface area contributed by atoms with Crippen LogP contribution in [-0.2, 0) is 13.0 Å². The summed E-state index contributed by atoms with van der Waals surface area (Å²) in [5.74, 6) is 0. The predicted octanol–water partition coefficient (Wildman–Crippen LogP) is 3.53. The van der Waals surface area contributed by atoms with Crippen LogP contribution in [-0.4, -0.2) is 10.6 Å². The second-order valence-corrected chi connectivity index (χ2v) is 6.01. The van der Waals surface area contributed by atoms with E-state index in [1.807, 2.05) is 6.07 Å². The molecule has 0 fully saturated rings. The van der Waals surface area contributed by atoms with Crippen LogP contribution in [0.4, 0.5) is 0 Å². The maximum Gasteiger partial charge on any atom is 0.0931 e. The fraction of sp³-hybridized carbons (Fsp3) is 0.385. The van der Waals surface area contributed by atoms with E-state index in [0.29, 0.717) is 0 Å². The molecular weight excluding hydrogens is 252 g/mol. The molecule has 2 N–H and O–H groups in total. The summed E-state index contributed by atoms with van der Waals surface area (Å²) in [6.45, 7) is 3.01. The molecule has 92 valence electrons. The van der Waals surface area contributed by atoms with Crippen LogP contribution in [0, 0.1) is 0 Å². The molecular formula is C13H17ClN2S. The highest BCUT2D eigenvalue weighted by Gasteiger charge is 2.07. The van der Waals surface area contributed by atoms with Gasteiger partial charge in [0.2, 0.25) is 0 Å². The van der Waals surface area contributed by atoms with E-state index in [1.54, 1.807) is 11.3 Å². The third kappa shape index (κ3) is 3.35. The van der Waals surface area contributed by atoms with Gasteiger partial charge in [0.25, 0.3) is 0 Å². The average Bonchev–Trinajstić information content (AvgIpc) is 2.89. The van der Waals surface area contributed by atoms with Gasteiger partial charge in [-0.2, -0.15) is 0 Å². The minimum Gasteiger partial charge on any atom is -0.346 e. The molecule has 2 nitrogen and oxygen atoms in total. The molecule has 0 saturated heterocycles. The first kappa shape index (κ1) is 12.7. The third-order valence-electron chi connectivity index (χ3n) is 2.87. The molecule has 17 heavy (non-hydrogen) atoms. The Kier molecular flexibility index (Phi) is 4.26. The maximum absolute atomic E-state index is 6.00. The van der Waals surface area contributed by atoms with Gasteiger partial charge in [0.05, 0.1) is 10.9 Å². The van der Waals surface area contributed by atoms with Crippen molar-refractivity contribution < 1.29 is 0 Å². The lowest BCUT2D eigenvalue weighted by Crippen LogP contribution is -2.23. The predicted molar refractivity (Wildman–Crippen MR) is 74.8 cm³/mol. The topological polar surface area (TPSA) is 30.9 Å². The van der Waals surface area contributed by atoms with Crippen molar-refractivity contribution >= 4 is 22.9 Å². The minimum atomic E-state index is 0.246. The second-order valence-electron chi connectivity index (χ2n) is 4.21. The SMILES string of the molecule is CCC(N)Cc1cccn1Cc1ccc(Cl)s1. The van der Waals surface area contributed by atoms with E-state index in [1.165, 1.54) is 10.6 Å². The van der Waals surface area contributed by atoms with Crippen molar-refractivity contribution in [1.29, 1.82) is 0 Å². The Hall–Kier alpha value is -0.770. The summed E-state index contributed by atoms with van der Waals surface area (Å²) in [4.78, 5) is 1.28. The van der Waals surface area contributed by atoms with Gasteiger partial charge in [-0.1, -0.05) is 18.5 Å². The van der Waals surface area contributed by atoms with Crippen molar-refractivity contribution in [3.63, 3.8) is 0 Å². The molecule has 0 aromatic carbocycles. The Morgan fingerprint density at radius 1 is 1.41 bits per heavy atom. The van der Waals surface area contributed by atoms with Crippen LogP contribution in [0.2, 0.25) is 4.34 Å². The molecule has 2 aromatic heterocycles. The van der Waals surface area contributed by atoms with Crippen molar-refractivity contribution in [2.24, 2.45) is 5.73 Å². The molecule has 0 aliphatic heterocycles. The standard InChI is InChI=1S/C13H17ClN2S/c1-2-10(15)8-11-4-3-7-16(11)9-12-5-6-13(14)17-12/h3-7,10H,2,8-9,15H2,1H3. The molecule has 0 bridgehead atoms. The quantitative estimate of drug-likeness (QED) is 0.884. The Bertz CT molecular complexity index is 475. The molecule has 2 aromatic rings. The summed E-state index contributed by atoms with van der Waals surface area (Å²) < 4.78 is 3.09. The molecule has 4 heteroatoms. The average molecular weight is 269 g/mol. The van der Waals surface area contributed by atoms with Crippen LogP contribution in [0.1, 0.15) is 23.9 Å². The van der Waals surface area contributed by atoms with Crippen LogP contribution in [0.3, 0.4) is 0 Å². The molecule has 0 amide bonds. The third-order valence-corrected chi connectivity index (χ3v) is 4.09. The van der Waals surface area contributed by atoms with Crippen molar-refractivity contribution in [2.75, 3.05) is 0 Å². The largest absolute Gasteiger partial charge is 0.346 e. The number of nitrogens with two attached hydrogens (primary N) is 1. The Labute approximate surface area is 111 Å². The highest BCUT2D eigenvalue weighted by atomic mass is 35.5. The van der Waals surface area contributed by atoms with E-state index in [4.69, 9.17) is 17.3 Å². The van der Waals surface area contributed by atoms with E-state index >= 15 is 0 Å². The highest BCUT2D eigenvalue weighted by Crippen LogP contribution is 2.23. The van der Waals surface area contributed by atoms with Gasteiger partial charge in [-0.05, 0) is 30.7 Å².